The maximum atomic E-state index is 11.2. The Kier molecular flexibility index (Phi) is 4.63. The van der Waals surface area contributed by atoms with Crippen molar-refractivity contribution in [3.8, 4) is 0 Å². The van der Waals surface area contributed by atoms with Gasteiger partial charge in [0.2, 0.25) is 0 Å². The molecular weight excluding hydrogens is 240 g/mol. The third-order valence-corrected chi connectivity index (χ3v) is 3.50. The van der Waals surface area contributed by atoms with Crippen molar-refractivity contribution in [2.45, 2.75) is 19.3 Å². The number of amides is 1. The minimum Gasteiger partial charge on any atom is -0.398 e. The number of carbonyl (C=O) groups excluding carboxylic acids is 1. The van der Waals surface area contributed by atoms with Crippen molar-refractivity contribution in [3.63, 3.8) is 0 Å². The highest BCUT2D eigenvalue weighted by Crippen LogP contribution is 2.17. The molecule has 0 aromatic heterocycles. The minimum atomic E-state index is -0.488. The van der Waals surface area contributed by atoms with Crippen molar-refractivity contribution in [2.75, 3.05) is 37.2 Å². The molecule has 2 rings (SSSR count). The molecule has 1 heterocycles. The van der Waals surface area contributed by atoms with Gasteiger partial charge in [-0.3, -0.25) is 4.79 Å². The maximum absolute atomic E-state index is 11.2. The number of nitrogens with zero attached hydrogens (tertiary/aromatic N) is 1. The Hall–Kier alpha value is -1.75. The van der Waals surface area contributed by atoms with E-state index in [-0.39, 0.29) is 0 Å². The molecule has 19 heavy (non-hydrogen) atoms. The summed E-state index contributed by atoms with van der Waals surface area (Å²) in [4.78, 5) is 13.7. The van der Waals surface area contributed by atoms with Crippen LogP contribution in [0.4, 0.5) is 11.4 Å². The van der Waals surface area contributed by atoms with Crippen LogP contribution in [-0.2, 0) is 0 Å². The van der Waals surface area contributed by atoms with Crippen LogP contribution in [-0.4, -0.2) is 37.0 Å². The summed E-state index contributed by atoms with van der Waals surface area (Å²) < 4.78 is 0. The summed E-state index contributed by atoms with van der Waals surface area (Å²) in [6.45, 7) is 4.48. The molecule has 5 nitrogen and oxygen atoms in total. The van der Waals surface area contributed by atoms with Gasteiger partial charge in [0.1, 0.15) is 0 Å². The van der Waals surface area contributed by atoms with E-state index in [1.54, 1.807) is 12.1 Å². The van der Waals surface area contributed by atoms with Crippen LogP contribution in [0.1, 0.15) is 29.6 Å². The molecule has 1 amide bonds. The number of primary amides is 1. The number of hydrogen-bond acceptors (Lipinski definition) is 4. The van der Waals surface area contributed by atoms with E-state index < -0.39 is 5.91 Å². The normalized spacial score (nSPS) is 15.6. The molecule has 5 N–H and O–H groups in total. The number of hydrogen-bond donors (Lipinski definition) is 3. The first-order chi connectivity index (χ1) is 9.16. The Morgan fingerprint density at radius 2 is 2.05 bits per heavy atom. The van der Waals surface area contributed by atoms with Gasteiger partial charge in [0.15, 0.2) is 0 Å². The van der Waals surface area contributed by atoms with Gasteiger partial charge in [0.25, 0.3) is 5.91 Å². The first-order valence-electron chi connectivity index (χ1n) is 6.82. The van der Waals surface area contributed by atoms with Gasteiger partial charge >= 0.3 is 0 Å². The first kappa shape index (κ1) is 13.7. The van der Waals surface area contributed by atoms with E-state index in [0.717, 1.165) is 25.2 Å². The lowest BCUT2D eigenvalue weighted by Crippen LogP contribution is -2.22. The van der Waals surface area contributed by atoms with Crippen molar-refractivity contribution in [3.05, 3.63) is 23.8 Å². The summed E-state index contributed by atoms with van der Waals surface area (Å²) in [5.74, 6) is -0.488. The van der Waals surface area contributed by atoms with Crippen molar-refractivity contribution < 1.29 is 4.79 Å². The van der Waals surface area contributed by atoms with Crippen molar-refractivity contribution >= 4 is 17.3 Å². The number of anilines is 2. The van der Waals surface area contributed by atoms with E-state index in [1.807, 2.05) is 6.07 Å². The zero-order valence-corrected chi connectivity index (χ0v) is 11.2. The van der Waals surface area contributed by atoms with Gasteiger partial charge in [0, 0.05) is 17.9 Å². The molecule has 5 heteroatoms. The number of carbonyl (C=O) groups is 1. The largest absolute Gasteiger partial charge is 0.398 e. The lowest BCUT2D eigenvalue weighted by atomic mass is 10.1. The standard InChI is InChI=1S/C14H22N4O/c15-13-5-4-11(10-12(13)14(16)19)17-6-3-9-18-7-1-2-8-18/h4-5,10,17H,1-3,6-9,15H2,(H2,16,19). The molecule has 0 bridgehead atoms. The summed E-state index contributed by atoms with van der Waals surface area (Å²) in [7, 11) is 0. The molecule has 1 aliphatic heterocycles. The van der Waals surface area contributed by atoms with Crippen molar-refractivity contribution in [1.82, 2.24) is 4.90 Å². The van der Waals surface area contributed by atoms with Crippen LogP contribution in [0.3, 0.4) is 0 Å². The van der Waals surface area contributed by atoms with Crippen LogP contribution in [0.15, 0.2) is 18.2 Å². The van der Waals surface area contributed by atoms with E-state index in [0.29, 0.717) is 11.3 Å². The molecule has 1 saturated heterocycles. The van der Waals surface area contributed by atoms with E-state index in [4.69, 9.17) is 11.5 Å². The van der Waals surface area contributed by atoms with E-state index in [2.05, 4.69) is 10.2 Å². The van der Waals surface area contributed by atoms with Gasteiger partial charge in [-0.25, -0.2) is 0 Å². The van der Waals surface area contributed by atoms with Gasteiger partial charge < -0.3 is 21.7 Å². The van der Waals surface area contributed by atoms with Gasteiger partial charge in [0.05, 0.1) is 5.56 Å². The summed E-state index contributed by atoms with van der Waals surface area (Å²) in [6.07, 6.45) is 3.75. The first-order valence-corrected chi connectivity index (χ1v) is 6.82. The third-order valence-electron chi connectivity index (χ3n) is 3.50. The molecule has 0 atom stereocenters. The lowest BCUT2D eigenvalue weighted by molar-refractivity contribution is 0.100. The molecule has 0 unspecified atom stereocenters. The van der Waals surface area contributed by atoms with Crippen LogP contribution >= 0.6 is 0 Å². The van der Waals surface area contributed by atoms with E-state index >= 15 is 0 Å². The maximum Gasteiger partial charge on any atom is 0.250 e. The number of benzene rings is 1. The van der Waals surface area contributed by atoms with Gasteiger partial charge in [-0.1, -0.05) is 0 Å². The Bertz CT molecular complexity index is 441. The molecule has 1 fully saturated rings. The van der Waals surface area contributed by atoms with Crippen LogP contribution in [0.25, 0.3) is 0 Å². The number of nitrogens with one attached hydrogen (secondary N) is 1. The number of rotatable bonds is 6. The highest BCUT2D eigenvalue weighted by molar-refractivity contribution is 5.98. The Balaban J connectivity index is 1.79. The predicted octanol–water partition coefficient (Wildman–Crippen LogP) is 1.27. The monoisotopic (exact) mass is 262 g/mol. The number of nitrogen functional groups attached to an aromatic ring is 1. The fourth-order valence-electron chi connectivity index (χ4n) is 2.42. The molecule has 0 spiro atoms. The second-order valence-corrected chi connectivity index (χ2v) is 5.00. The number of likely N-dealkylation sites (tertiary alicyclic amines) is 1. The van der Waals surface area contributed by atoms with Gasteiger partial charge in [-0.2, -0.15) is 0 Å². The topological polar surface area (TPSA) is 84.4 Å². The molecule has 0 saturated carbocycles. The molecule has 0 aliphatic carbocycles. The van der Waals surface area contributed by atoms with Gasteiger partial charge in [-0.05, 0) is 57.1 Å². The molecule has 1 aromatic rings. The number of nitrogens with two attached hydrogens (primary N) is 2. The van der Waals surface area contributed by atoms with Crippen LogP contribution in [0.5, 0.6) is 0 Å². The Morgan fingerprint density at radius 1 is 1.32 bits per heavy atom. The fraction of sp³-hybridized carbons (Fsp3) is 0.500. The zero-order chi connectivity index (χ0) is 13.7. The molecule has 1 aliphatic rings. The summed E-state index contributed by atoms with van der Waals surface area (Å²) >= 11 is 0. The summed E-state index contributed by atoms with van der Waals surface area (Å²) in [6, 6.07) is 5.30. The third kappa shape index (κ3) is 3.86. The summed E-state index contributed by atoms with van der Waals surface area (Å²) in [5, 5.41) is 3.30. The average Bonchev–Trinajstić information content (AvgIpc) is 2.89. The highest BCUT2D eigenvalue weighted by Gasteiger charge is 2.10. The Morgan fingerprint density at radius 3 is 2.74 bits per heavy atom. The molecule has 104 valence electrons. The second-order valence-electron chi connectivity index (χ2n) is 5.00. The second kappa shape index (κ2) is 6.43. The molecular formula is C14H22N4O. The van der Waals surface area contributed by atoms with Crippen LogP contribution < -0.4 is 16.8 Å². The van der Waals surface area contributed by atoms with Crippen LogP contribution in [0.2, 0.25) is 0 Å². The van der Waals surface area contributed by atoms with E-state index in [1.165, 1.54) is 25.9 Å². The smallest absolute Gasteiger partial charge is 0.250 e. The fourth-order valence-corrected chi connectivity index (χ4v) is 2.42. The molecule has 0 radical (unpaired) electrons. The molecule has 1 aromatic carbocycles. The Labute approximate surface area is 113 Å². The van der Waals surface area contributed by atoms with E-state index in [9.17, 15) is 4.79 Å². The van der Waals surface area contributed by atoms with Crippen LogP contribution in [0, 0.1) is 0 Å². The lowest BCUT2D eigenvalue weighted by Gasteiger charge is -2.15. The summed E-state index contributed by atoms with van der Waals surface area (Å²) in [5.41, 5.74) is 12.7. The minimum absolute atomic E-state index is 0.379. The highest BCUT2D eigenvalue weighted by atomic mass is 16.1. The SMILES string of the molecule is NC(=O)c1cc(NCCCN2CCCC2)ccc1N. The van der Waals surface area contributed by atoms with Crippen molar-refractivity contribution in [1.29, 1.82) is 0 Å². The van der Waals surface area contributed by atoms with Crippen molar-refractivity contribution in [2.24, 2.45) is 5.73 Å². The zero-order valence-electron chi connectivity index (χ0n) is 11.2. The quantitative estimate of drug-likeness (QED) is 0.532. The van der Waals surface area contributed by atoms with Gasteiger partial charge in [-0.15, -0.1) is 0 Å². The predicted molar refractivity (Wildman–Crippen MR) is 78.2 cm³/mol. The average molecular weight is 262 g/mol.